The molecule has 0 heterocycles. The molecule has 0 radical (unpaired) electrons. The van der Waals surface area contributed by atoms with Crippen molar-refractivity contribution in [2.24, 2.45) is 5.92 Å². The number of hydrogen-bond donors (Lipinski definition) is 1. The summed E-state index contributed by atoms with van der Waals surface area (Å²) in [5.74, 6) is -1.94. The van der Waals surface area contributed by atoms with E-state index in [1.807, 2.05) is 13.8 Å². The van der Waals surface area contributed by atoms with E-state index in [9.17, 15) is 13.6 Å². The van der Waals surface area contributed by atoms with Crippen LogP contribution in [-0.4, -0.2) is 12.5 Å². The summed E-state index contributed by atoms with van der Waals surface area (Å²) in [5.41, 5.74) is -0.218. The molecule has 0 aromatic heterocycles. The van der Waals surface area contributed by atoms with E-state index in [4.69, 9.17) is 0 Å². The Balaban J connectivity index is 2.82. The highest BCUT2D eigenvalue weighted by Crippen LogP contribution is 2.16. The van der Waals surface area contributed by atoms with Gasteiger partial charge in [0.2, 0.25) is 0 Å². The second kappa shape index (κ2) is 6.47. The average Bonchev–Trinajstić information content (AvgIpc) is 2.35. The van der Waals surface area contributed by atoms with Gasteiger partial charge in [0.05, 0.1) is 0 Å². The molecule has 0 aliphatic rings. The summed E-state index contributed by atoms with van der Waals surface area (Å²) in [6, 6.07) is 2.44. The summed E-state index contributed by atoms with van der Waals surface area (Å²) >= 11 is 0. The highest BCUT2D eigenvalue weighted by molar-refractivity contribution is 5.94. The molecule has 18 heavy (non-hydrogen) atoms. The Kier molecular flexibility index (Phi) is 5.25. The van der Waals surface area contributed by atoms with E-state index in [0.717, 1.165) is 18.9 Å². The normalized spacial score (nSPS) is 10.8. The molecule has 2 nitrogen and oxygen atoms in total. The fraction of sp³-hybridized carbons (Fsp3) is 0.500. The fourth-order valence-corrected chi connectivity index (χ4v) is 1.77. The Morgan fingerprint density at radius 2 is 1.89 bits per heavy atom. The summed E-state index contributed by atoms with van der Waals surface area (Å²) in [4.78, 5) is 11.8. The van der Waals surface area contributed by atoms with Crippen LogP contribution in [0.2, 0.25) is 0 Å². The minimum atomic E-state index is -0.819. The van der Waals surface area contributed by atoms with E-state index in [0.29, 0.717) is 12.5 Å². The van der Waals surface area contributed by atoms with Gasteiger partial charge in [-0.15, -0.1) is 0 Å². The van der Waals surface area contributed by atoms with Crippen LogP contribution in [0.15, 0.2) is 12.1 Å². The van der Waals surface area contributed by atoms with Crippen molar-refractivity contribution >= 4 is 5.91 Å². The molecule has 0 bridgehead atoms. The number of carbonyl (C=O) groups is 1. The highest BCUT2D eigenvalue weighted by atomic mass is 19.1. The zero-order valence-electron chi connectivity index (χ0n) is 11.0. The van der Waals surface area contributed by atoms with Crippen LogP contribution in [-0.2, 0) is 0 Å². The lowest BCUT2D eigenvalue weighted by atomic mass is 10.0. The Labute approximate surface area is 106 Å². The number of aryl methyl sites for hydroxylation is 1. The number of hydrogen-bond acceptors (Lipinski definition) is 1. The lowest BCUT2D eigenvalue weighted by molar-refractivity contribution is 0.0937. The fourth-order valence-electron chi connectivity index (χ4n) is 1.77. The molecule has 4 heteroatoms. The third-order valence-corrected chi connectivity index (χ3v) is 3.22. The van der Waals surface area contributed by atoms with Gasteiger partial charge < -0.3 is 5.32 Å². The lowest BCUT2D eigenvalue weighted by Crippen LogP contribution is -2.30. The Hall–Kier alpha value is -1.45. The maximum Gasteiger partial charge on any atom is 0.257 e. The smallest absolute Gasteiger partial charge is 0.257 e. The van der Waals surface area contributed by atoms with Crippen LogP contribution in [0.4, 0.5) is 8.78 Å². The van der Waals surface area contributed by atoms with Crippen LogP contribution in [0, 0.1) is 24.5 Å². The van der Waals surface area contributed by atoms with Gasteiger partial charge in [-0.1, -0.05) is 32.8 Å². The van der Waals surface area contributed by atoms with Gasteiger partial charge in [0.1, 0.15) is 17.2 Å². The van der Waals surface area contributed by atoms with E-state index >= 15 is 0 Å². The molecule has 0 aliphatic heterocycles. The molecule has 0 aliphatic carbocycles. The topological polar surface area (TPSA) is 29.1 Å². The predicted octanol–water partition coefficient (Wildman–Crippen LogP) is 3.44. The second-order valence-corrected chi connectivity index (χ2v) is 4.45. The maximum absolute atomic E-state index is 13.7. The Bertz CT molecular complexity index is 428. The van der Waals surface area contributed by atoms with Gasteiger partial charge in [-0.25, -0.2) is 8.78 Å². The van der Waals surface area contributed by atoms with Gasteiger partial charge in [0.25, 0.3) is 5.91 Å². The first-order valence-electron chi connectivity index (χ1n) is 6.24. The standard InChI is InChI=1S/C14H19F2NO/c1-4-10(5-2)8-17-14(18)12-11(15)7-6-9(3)13(12)16/h6-7,10H,4-5,8H2,1-3H3,(H,17,18). The third-order valence-electron chi connectivity index (χ3n) is 3.22. The van der Waals surface area contributed by atoms with Gasteiger partial charge in [-0.2, -0.15) is 0 Å². The van der Waals surface area contributed by atoms with Crippen LogP contribution < -0.4 is 5.32 Å². The molecule has 1 rings (SSSR count). The quantitative estimate of drug-likeness (QED) is 0.858. The predicted molar refractivity (Wildman–Crippen MR) is 67.5 cm³/mol. The van der Waals surface area contributed by atoms with Gasteiger partial charge in [-0.3, -0.25) is 4.79 Å². The summed E-state index contributed by atoms with van der Waals surface area (Å²) in [6.45, 7) is 5.99. The molecule has 100 valence electrons. The summed E-state index contributed by atoms with van der Waals surface area (Å²) in [6.07, 6.45) is 1.85. The zero-order chi connectivity index (χ0) is 13.7. The van der Waals surface area contributed by atoms with Crippen LogP contribution in [0.25, 0.3) is 0 Å². The maximum atomic E-state index is 13.7. The van der Waals surface area contributed by atoms with E-state index in [-0.39, 0.29) is 5.56 Å². The lowest BCUT2D eigenvalue weighted by Gasteiger charge is -2.14. The van der Waals surface area contributed by atoms with E-state index < -0.39 is 23.1 Å². The van der Waals surface area contributed by atoms with E-state index in [1.54, 1.807) is 0 Å². The van der Waals surface area contributed by atoms with E-state index in [2.05, 4.69) is 5.32 Å². The Morgan fingerprint density at radius 3 is 2.44 bits per heavy atom. The minimum Gasteiger partial charge on any atom is -0.352 e. The second-order valence-electron chi connectivity index (χ2n) is 4.45. The SMILES string of the molecule is CCC(CC)CNC(=O)c1c(F)ccc(C)c1F. The summed E-state index contributed by atoms with van der Waals surface area (Å²) < 4.78 is 27.2. The molecular weight excluding hydrogens is 236 g/mol. The number of rotatable bonds is 5. The van der Waals surface area contributed by atoms with Crippen molar-refractivity contribution in [3.63, 3.8) is 0 Å². The molecule has 0 saturated heterocycles. The van der Waals surface area contributed by atoms with Gasteiger partial charge in [0, 0.05) is 6.54 Å². The number of amides is 1. The molecule has 1 aromatic carbocycles. The largest absolute Gasteiger partial charge is 0.352 e. The summed E-state index contributed by atoms with van der Waals surface area (Å²) in [7, 11) is 0. The number of nitrogens with one attached hydrogen (secondary N) is 1. The van der Waals surface area contributed by atoms with Crippen LogP contribution in [0.5, 0.6) is 0 Å². The number of benzene rings is 1. The van der Waals surface area contributed by atoms with E-state index in [1.165, 1.54) is 13.0 Å². The van der Waals surface area contributed by atoms with Crippen molar-refractivity contribution < 1.29 is 13.6 Å². The third kappa shape index (κ3) is 3.28. The van der Waals surface area contributed by atoms with Crippen molar-refractivity contribution in [3.8, 4) is 0 Å². The molecule has 0 unspecified atom stereocenters. The summed E-state index contributed by atoms with van der Waals surface area (Å²) in [5, 5.41) is 2.59. The first kappa shape index (κ1) is 14.6. The van der Waals surface area contributed by atoms with Crippen molar-refractivity contribution in [2.75, 3.05) is 6.54 Å². The van der Waals surface area contributed by atoms with Crippen molar-refractivity contribution in [1.29, 1.82) is 0 Å². The number of carbonyl (C=O) groups excluding carboxylic acids is 1. The Morgan fingerprint density at radius 1 is 1.28 bits per heavy atom. The molecule has 0 spiro atoms. The van der Waals surface area contributed by atoms with Crippen LogP contribution in [0.3, 0.4) is 0 Å². The molecule has 0 atom stereocenters. The van der Waals surface area contributed by atoms with Crippen molar-refractivity contribution in [3.05, 3.63) is 34.9 Å². The van der Waals surface area contributed by atoms with Gasteiger partial charge >= 0.3 is 0 Å². The van der Waals surface area contributed by atoms with Crippen molar-refractivity contribution in [2.45, 2.75) is 33.6 Å². The molecule has 1 N–H and O–H groups in total. The van der Waals surface area contributed by atoms with Crippen LogP contribution >= 0.6 is 0 Å². The van der Waals surface area contributed by atoms with Gasteiger partial charge in [-0.05, 0) is 24.5 Å². The molecule has 1 amide bonds. The minimum absolute atomic E-state index is 0.268. The average molecular weight is 255 g/mol. The number of halogens is 2. The van der Waals surface area contributed by atoms with Crippen molar-refractivity contribution in [1.82, 2.24) is 5.32 Å². The zero-order valence-corrected chi connectivity index (χ0v) is 11.0. The first-order chi connectivity index (χ1) is 8.51. The first-order valence-corrected chi connectivity index (χ1v) is 6.24. The molecule has 1 aromatic rings. The van der Waals surface area contributed by atoms with Gasteiger partial charge in [0.15, 0.2) is 0 Å². The van der Waals surface area contributed by atoms with Crippen LogP contribution in [0.1, 0.15) is 42.6 Å². The molecular formula is C14H19F2NO. The molecule has 0 saturated carbocycles. The monoisotopic (exact) mass is 255 g/mol. The highest BCUT2D eigenvalue weighted by Gasteiger charge is 2.19. The molecule has 0 fully saturated rings.